The summed E-state index contributed by atoms with van der Waals surface area (Å²) in [6, 6.07) is 12.4. The Morgan fingerprint density at radius 3 is 2.96 bits per heavy atom. The van der Waals surface area contributed by atoms with E-state index in [0.717, 1.165) is 51.0 Å². The predicted octanol–water partition coefficient (Wildman–Crippen LogP) is 2.67. The number of carbonyl (C=O) groups is 1. The number of carbonyl (C=O) groups excluding carboxylic acids is 1. The summed E-state index contributed by atoms with van der Waals surface area (Å²) in [5, 5.41) is 6.97. The molecule has 5 nitrogen and oxygen atoms in total. The average Bonchev–Trinajstić information content (AvgIpc) is 3.11. The highest BCUT2D eigenvalue weighted by Gasteiger charge is 2.23. The molecule has 128 valence electrons. The molecule has 0 bridgehead atoms. The van der Waals surface area contributed by atoms with Crippen LogP contribution >= 0.6 is 0 Å². The van der Waals surface area contributed by atoms with E-state index in [1.165, 1.54) is 5.56 Å². The molecule has 2 heterocycles. The van der Waals surface area contributed by atoms with E-state index in [-0.39, 0.29) is 11.9 Å². The number of nitrogens with zero attached hydrogens (tertiary/aromatic N) is 2. The Morgan fingerprint density at radius 1 is 1.38 bits per heavy atom. The molecule has 1 aromatic heterocycles. The Hall–Kier alpha value is -2.14. The summed E-state index contributed by atoms with van der Waals surface area (Å²) in [6.45, 7) is 5.01. The fourth-order valence-electron chi connectivity index (χ4n) is 3.15. The molecule has 5 heteroatoms. The molecule has 2 aromatic rings. The summed E-state index contributed by atoms with van der Waals surface area (Å²) in [7, 11) is 0. The molecule has 1 atom stereocenters. The van der Waals surface area contributed by atoms with E-state index < -0.39 is 0 Å². The molecule has 1 unspecified atom stereocenters. The van der Waals surface area contributed by atoms with E-state index >= 15 is 0 Å². The van der Waals surface area contributed by atoms with Crippen molar-refractivity contribution in [2.75, 3.05) is 19.6 Å². The first-order valence-corrected chi connectivity index (χ1v) is 8.77. The monoisotopic (exact) mass is 327 g/mol. The second-order valence-corrected chi connectivity index (χ2v) is 6.38. The third-order valence-electron chi connectivity index (χ3n) is 4.55. The first-order chi connectivity index (χ1) is 11.7. The zero-order chi connectivity index (χ0) is 16.8. The molecule has 0 spiro atoms. The Bertz CT molecular complexity index is 654. The van der Waals surface area contributed by atoms with Crippen molar-refractivity contribution in [2.45, 2.75) is 38.6 Å². The smallest absolute Gasteiger partial charge is 0.290 e. The van der Waals surface area contributed by atoms with E-state index in [4.69, 9.17) is 4.52 Å². The van der Waals surface area contributed by atoms with Gasteiger partial charge in [0, 0.05) is 25.2 Å². The molecule has 1 N–H and O–H groups in total. The van der Waals surface area contributed by atoms with Gasteiger partial charge >= 0.3 is 0 Å². The van der Waals surface area contributed by atoms with Crippen LogP contribution in [0.2, 0.25) is 0 Å². The Kier molecular flexibility index (Phi) is 5.64. The first kappa shape index (κ1) is 16.7. The molecule has 0 saturated carbocycles. The molecular weight excluding hydrogens is 302 g/mol. The van der Waals surface area contributed by atoms with Crippen molar-refractivity contribution in [2.24, 2.45) is 0 Å². The molecule has 24 heavy (non-hydrogen) atoms. The Morgan fingerprint density at radius 2 is 2.21 bits per heavy atom. The molecule has 1 aliphatic rings. The fourth-order valence-corrected chi connectivity index (χ4v) is 3.15. The van der Waals surface area contributed by atoms with E-state index in [1.807, 2.05) is 13.0 Å². The van der Waals surface area contributed by atoms with Gasteiger partial charge in [0.25, 0.3) is 5.91 Å². The summed E-state index contributed by atoms with van der Waals surface area (Å²) >= 11 is 0. The van der Waals surface area contributed by atoms with Crippen molar-refractivity contribution >= 4 is 5.91 Å². The number of aryl methyl sites for hydroxylation is 1. The number of hydrogen-bond donors (Lipinski definition) is 1. The molecule has 1 aromatic carbocycles. The van der Waals surface area contributed by atoms with Crippen LogP contribution in [0.5, 0.6) is 0 Å². The number of nitrogens with one attached hydrogen (secondary N) is 1. The molecule has 1 saturated heterocycles. The summed E-state index contributed by atoms with van der Waals surface area (Å²) < 4.78 is 5.12. The maximum Gasteiger partial charge on any atom is 0.290 e. The average molecular weight is 327 g/mol. The van der Waals surface area contributed by atoms with E-state index in [9.17, 15) is 4.79 Å². The number of piperidine rings is 1. The third kappa shape index (κ3) is 4.45. The summed E-state index contributed by atoms with van der Waals surface area (Å²) in [5.41, 5.74) is 2.17. The SMILES string of the molecule is CCc1cc(C(=O)NC2CCCN(CCc3ccccc3)C2)on1. The van der Waals surface area contributed by atoms with E-state index in [1.54, 1.807) is 6.07 Å². The van der Waals surface area contributed by atoms with Gasteiger partial charge in [-0.25, -0.2) is 0 Å². The van der Waals surface area contributed by atoms with Crippen LogP contribution in [0.4, 0.5) is 0 Å². The highest BCUT2D eigenvalue weighted by atomic mass is 16.5. The van der Waals surface area contributed by atoms with Gasteiger partial charge in [-0.3, -0.25) is 4.79 Å². The minimum absolute atomic E-state index is 0.155. The lowest BCUT2D eigenvalue weighted by molar-refractivity contribution is 0.0867. The van der Waals surface area contributed by atoms with Crippen molar-refractivity contribution in [1.29, 1.82) is 0 Å². The standard InChI is InChI=1S/C19H25N3O2/c1-2-16-13-18(24-21-16)19(23)20-17-9-6-11-22(14-17)12-10-15-7-4-3-5-8-15/h3-5,7-8,13,17H,2,6,9-12,14H2,1H3,(H,20,23). The maximum atomic E-state index is 12.3. The maximum absolute atomic E-state index is 12.3. The Labute approximate surface area is 143 Å². The number of rotatable bonds is 6. The van der Waals surface area contributed by atoms with Crippen LogP contribution in [0, 0.1) is 0 Å². The summed E-state index contributed by atoms with van der Waals surface area (Å²) in [5.74, 6) is 0.158. The van der Waals surface area contributed by atoms with Gasteiger partial charge in [0.15, 0.2) is 0 Å². The second kappa shape index (κ2) is 8.11. The van der Waals surface area contributed by atoms with Crippen LogP contribution in [0.15, 0.2) is 40.9 Å². The molecule has 1 aliphatic heterocycles. The van der Waals surface area contributed by atoms with Crippen molar-refractivity contribution in [3.05, 3.63) is 53.4 Å². The van der Waals surface area contributed by atoms with Gasteiger partial charge in [-0.1, -0.05) is 42.4 Å². The largest absolute Gasteiger partial charge is 0.351 e. The molecule has 3 rings (SSSR count). The highest BCUT2D eigenvalue weighted by Crippen LogP contribution is 2.13. The second-order valence-electron chi connectivity index (χ2n) is 6.38. The lowest BCUT2D eigenvalue weighted by Crippen LogP contribution is -2.48. The van der Waals surface area contributed by atoms with Gasteiger partial charge in [0.05, 0.1) is 5.69 Å². The molecule has 0 radical (unpaired) electrons. The van der Waals surface area contributed by atoms with Crippen LogP contribution in [-0.4, -0.2) is 41.6 Å². The summed E-state index contributed by atoms with van der Waals surface area (Å²) in [6.07, 6.45) is 3.94. The highest BCUT2D eigenvalue weighted by molar-refractivity contribution is 5.91. The lowest BCUT2D eigenvalue weighted by atomic mass is 10.0. The zero-order valence-corrected chi connectivity index (χ0v) is 14.2. The number of hydrogen-bond acceptors (Lipinski definition) is 4. The van der Waals surface area contributed by atoms with Crippen LogP contribution in [0.1, 0.15) is 41.6 Å². The van der Waals surface area contributed by atoms with Crippen LogP contribution in [0.3, 0.4) is 0 Å². The van der Waals surface area contributed by atoms with Crippen molar-refractivity contribution in [3.63, 3.8) is 0 Å². The van der Waals surface area contributed by atoms with Gasteiger partial charge in [-0.2, -0.15) is 0 Å². The molecule has 0 aliphatic carbocycles. The molecule has 1 fully saturated rings. The third-order valence-corrected chi connectivity index (χ3v) is 4.55. The van der Waals surface area contributed by atoms with Gasteiger partial charge in [0.2, 0.25) is 5.76 Å². The fraction of sp³-hybridized carbons (Fsp3) is 0.474. The van der Waals surface area contributed by atoms with Gasteiger partial charge in [-0.15, -0.1) is 0 Å². The van der Waals surface area contributed by atoms with Crippen LogP contribution < -0.4 is 5.32 Å². The van der Waals surface area contributed by atoms with Gasteiger partial charge in [-0.05, 0) is 37.8 Å². The topological polar surface area (TPSA) is 58.4 Å². The quantitative estimate of drug-likeness (QED) is 0.886. The lowest BCUT2D eigenvalue weighted by Gasteiger charge is -2.32. The molecule has 1 amide bonds. The zero-order valence-electron chi connectivity index (χ0n) is 14.2. The number of amides is 1. The van der Waals surface area contributed by atoms with E-state index in [0.29, 0.717) is 5.76 Å². The first-order valence-electron chi connectivity index (χ1n) is 8.77. The van der Waals surface area contributed by atoms with Crippen molar-refractivity contribution < 1.29 is 9.32 Å². The van der Waals surface area contributed by atoms with Crippen molar-refractivity contribution in [3.8, 4) is 0 Å². The van der Waals surface area contributed by atoms with Gasteiger partial charge in [0.1, 0.15) is 0 Å². The number of benzene rings is 1. The van der Waals surface area contributed by atoms with E-state index in [2.05, 4.69) is 39.6 Å². The van der Waals surface area contributed by atoms with Crippen LogP contribution in [0.25, 0.3) is 0 Å². The van der Waals surface area contributed by atoms with Crippen LogP contribution in [-0.2, 0) is 12.8 Å². The number of aromatic nitrogens is 1. The Balaban J connectivity index is 1.49. The minimum Gasteiger partial charge on any atom is -0.351 e. The molecular formula is C19H25N3O2. The van der Waals surface area contributed by atoms with Crippen molar-refractivity contribution in [1.82, 2.24) is 15.4 Å². The van der Waals surface area contributed by atoms with Gasteiger partial charge < -0.3 is 14.7 Å². The normalized spacial score (nSPS) is 18.5. The summed E-state index contributed by atoms with van der Waals surface area (Å²) in [4.78, 5) is 14.7. The number of likely N-dealkylation sites (tertiary alicyclic amines) is 1. The predicted molar refractivity (Wildman–Crippen MR) is 93.0 cm³/mol. The minimum atomic E-state index is -0.155.